The van der Waals surface area contributed by atoms with Crippen LogP contribution in [-0.4, -0.2) is 0 Å². The van der Waals surface area contributed by atoms with Crippen LogP contribution >= 0.6 is 22.6 Å². The predicted molar refractivity (Wildman–Crippen MR) is 66.0 cm³/mol. The monoisotopic (exact) mass is 282 g/mol. The molecule has 0 amide bonds. The van der Waals surface area contributed by atoms with Crippen molar-refractivity contribution in [1.29, 1.82) is 0 Å². The van der Waals surface area contributed by atoms with Crippen LogP contribution in [0.15, 0.2) is 36.4 Å². The highest BCUT2D eigenvalue weighted by Crippen LogP contribution is 2.21. The van der Waals surface area contributed by atoms with Crippen LogP contribution in [0.25, 0.3) is 10.8 Å². The maximum Gasteiger partial charge on any atom is 0.0136 e. The fourth-order valence-electron chi connectivity index (χ4n) is 1.62. The minimum Gasteiger partial charge on any atom is -0.0614 e. The highest BCUT2D eigenvalue weighted by Gasteiger charge is 1.98. The molecule has 0 saturated heterocycles. The maximum absolute atomic E-state index is 2.36. The largest absolute Gasteiger partial charge is 0.0614 e. The van der Waals surface area contributed by atoms with Gasteiger partial charge in [0.1, 0.15) is 0 Å². The van der Waals surface area contributed by atoms with Gasteiger partial charge in [0.25, 0.3) is 0 Å². The van der Waals surface area contributed by atoms with Crippen LogP contribution in [0.2, 0.25) is 0 Å². The lowest BCUT2D eigenvalue weighted by Gasteiger charge is -2.03. The third-order valence-corrected chi connectivity index (χ3v) is 2.99. The van der Waals surface area contributed by atoms with Crippen molar-refractivity contribution in [2.45, 2.75) is 13.3 Å². The summed E-state index contributed by atoms with van der Waals surface area (Å²) in [6.07, 6.45) is 1.11. The second-order valence-electron chi connectivity index (χ2n) is 3.14. The molecule has 0 N–H and O–H groups in total. The van der Waals surface area contributed by atoms with Crippen molar-refractivity contribution < 1.29 is 0 Å². The minimum atomic E-state index is 1.11. The molecular weight excluding hydrogens is 271 g/mol. The van der Waals surface area contributed by atoms with E-state index in [2.05, 4.69) is 65.9 Å². The second kappa shape index (κ2) is 3.66. The van der Waals surface area contributed by atoms with Crippen molar-refractivity contribution in [3.05, 3.63) is 45.5 Å². The van der Waals surface area contributed by atoms with Crippen molar-refractivity contribution in [2.75, 3.05) is 0 Å². The molecule has 13 heavy (non-hydrogen) atoms. The molecule has 1 heteroatoms. The summed E-state index contributed by atoms with van der Waals surface area (Å²) in [5, 5.41) is 2.75. The van der Waals surface area contributed by atoms with E-state index < -0.39 is 0 Å². The first kappa shape index (κ1) is 9.00. The highest BCUT2D eigenvalue weighted by atomic mass is 127. The van der Waals surface area contributed by atoms with E-state index in [9.17, 15) is 0 Å². The van der Waals surface area contributed by atoms with E-state index in [-0.39, 0.29) is 0 Å². The molecule has 0 atom stereocenters. The number of rotatable bonds is 1. The Morgan fingerprint density at radius 1 is 1.15 bits per heavy atom. The van der Waals surface area contributed by atoms with Gasteiger partial charge < -0.3 is 0 Å². The van der Waals surface area contributed by atoms with Crippen LogP contribution in [0.5, 0.6) is 0 Å². The molecule has 0 heterocycles. The van der Waals surface area contributed by atoms with Gasteiger partial charge in [-0.05, 0) is 57.5 Å². The Morgan fingerprint density at radius 2 is 2.00 bits per heavy atom. The average Bonchev–Trinajstić information content (AvgIpc) is 2.17. The molecule has 0 aromatic heterocycles. The van der Waals surface area contributed by atoms with E-state index in [1.807, 2.05) is 0 Å². The van der Waals surface area contributed by atoms with Gasteiger partial charge in [0.05, 0.1) is 0 Å². The Kier molecular flexibility index (Phi) is 2.54. The van der Waals surface area contributed by atoms with E-state index in [1.54, 1.807) is 0 Å². The molecule has 0 unspecified atom stereocenters. The predicted octanol–water partition coefficient (Wildman–Crippen LogP) is 4.01. The molecule has 0 bridgehead atoms. The fourth-order valence-corrected chi connectivity index (χ4v) is 2.11. The van der Waals surface area contributed by atoms with Gasteiger partial charge in [-0.2, -0.15) is 0 Å². The number of hydrogen-bond donors (Lipinski definition) is 0. The van der Waals surface area contributed by atoms with Gasteiger partial charge in [-0.25, -0.2) is 0 Å². The third-order valence-electron chi connectivity index (χ3n) is 2.32. The topological polar surface area (TPSA) is 0 Å². The Bertz CT molecular complexity index is 432. The van der Waals surface area contributed by atoms with Crippen molar-refractivity contribution in [1.82, 2.24) is 0 Å². The van der Waals surface area contributed by atoms with Crippen molar-refractivity contribution in [3.63, 3.8) is 0 Å². The summed E-state index contributed by atoms with van der Waals surface area (Å²) in [4.78, 5) is 0. The van der Waals surface area contributed by atoms with Crippen LogP contribution in [0.1, 0.15) is 12.5 Å². The number of halogens is 1. The Hall–Kier alpha value is -0.570. The first-order chi connectivity index (χ1) is 6.31. The highest BCUT2D eigenvalue weighted by molar-refractivity contribution is 14.1. The molecule has 66 valence electrons. The van der Waals surface area contributed by atoms with E-state index in [4.69, 9.17) is 0 Å². The number of hydrogen-bond acceptors (Lipinski definition) is 0. The van der Waals surface area contributed by atoms with Crippen LogP contribution < -0.4 is 0 Å². The first-order valence-electron chi connectivity index (χ1n) is 4.48. The summed E-state index contributed by atoms with van der Waals surface area (Å²) >= 11 is 2.36. The zero-order chi connectivity index (χ0) is 9.26. The maximum atomic E-state index is 2.36. The van der Waals surface area contributed by atoms with E-state index in [0.29, 0.717) is 0 Å². The molecule has 2 aromatic rings. The third kappa shape index (κ3) is 1.70. The Labute approximate surface area is 92.1 Å². The molecular formula is C12H11I. The van der Waals surface area contributed by atoms with Crippen LogP contribution in [0.3, 0.4) is 0 Å². The molecule has 0 nitrogen and oxygen atoms in total. The van der Waals surface area contributed by atoms with Gasteiger partial charge >= 0.3 is 0 Å². The van der Waals surface area contributed by atoms with E-state index in [0.717, 1.165) is 6.42 Å². The Balaban J connectivity index is 2.79. The molecule has 0 spiro atoms. The van der Waals surface area contributed by atoms with Crippen LogP contribution in [0, 0.1) is 3.57 Å². The summed E-state index contributed by atoms with van der Waals surface area (Å²) in [6, 6.07) is 13.1. The van der Waals surface area contributed by atoms with Gasteiger partial charge in [-0.1, -0.05) is 31.2 Å². The number of fused-ring (bicyclic) bond motifs is 1. The van der Waals surface area contributed by atoms with E-state index >= 15 is 0 Å². The summed E-state index contributed by atoms with van der Waals surface area (Å²) in [5.74, 6) is 0. The number of aryl methyl sites for hydroxylation is 1. The molecule has 0 fully saturated rings. The van der Waals surface area contributed by atoms with Gasteiger partial charge in [-0.15, -0.1) is 0 Å². The van der Waals surface area contributed by atoms with E-state index in [1.165, 1.54) is 19.9 Å². The lowest BCUT2D eigenvalue weighted by molar-refractivity contribution is 1.16. The summed E-state index contributed by atoms with van der Waals surface area (Å²) in [7, 11) is 0. The average molecular weight is 282 g/mol. The molecule has 0 saturated carbocycles. The molecule has 0 aliphatic rings. The fraction of sp³-hybridized carbons (Fsp3) is 0.167. The zero-order valence-electron chi connectivity index (χ0n) is 7.55. The van der Waals surface area contributed by atoms with Crippen molar-refractivity contribution in [3.8, 4) is 0 Å². The zero-order valence-corrected chi connectivity index (χ0v) is 9.71. The van der Waals surface area contributed by atoms with Crippen molar-refractivity contribution >= 4 is 33.4 Å². The molecule has 0 aliphatic heterocycles. The normalized spacial score (nSPS) is 10.6. The van der Waals surface area contributed by atoms with Gasteiger partial charge in [0.15, 0.2) is 0 Å². The number of benzene rings is 2. The quantitative estimate of drug-likeness (QED) is 0.693. The first-order valence-corrected chi connectivity index (χ1v) is 5.56. The van der Waals surface area contributed by atoms with Crippen molar-refractivity contribution in [2.24, 2.45) is 0 Å². The van der Waals surface area contributed by atoms with Crippen LogP contribution in [-0.2, 0) is 6.42 Å². The molecule has 2 aromatic carbocycles. The second-order valence-corrected chi connectivity index (χ2v) is 4.38. The minimum absolute atomic E-state index is 1.11. The van der Waals surface area contributed by atoms with Gasteiger partial charge in [-0.3, -0.25) is 0 Å². The van der Waals surface area contributed by atoms with Gasteiger partial charge in [0, 0.05) is 3.57 Å². The summed E-state index contributed by atoms with van der Waals surface area (Å²) < 4.78 is 1.31. The summed E-state index contributed by atoms with van der Waals surface area (Å²) in [5.41, 5.74) is 1.44. The molecule has 0 radical (unpaired) electrons. The summed E-state index contributed by atoms with van der Waals surface area (Å²) in [6.45, 7) is 2.20. The lowest BCUT2D eigenvalue weighted by Crippen LogP contribution is -1.83. The van der Waals surface area contributed by atoms with Crippen LogP contribution in [0.4, 0.5) is 0 Å². The standard InChI is InChI=1S/C12H11I/c1-2-9-4-3-5-10-6-7-11(13)8-12(9)10/h3-8H,2H2,1H3. The molecule has 0 aliphatic carbocycles. The Morgan fingerprint density at radius 3 is 2.77 bits per heavy atom. The van der Waals surface area contributed by atoms with Gasteiger partial charge in [0.2, 0.25) is 0 Å². The SMILES string of the molecule is CCc1cccc2ccc(I)cc12. The lowest BCUT2D eigenvalue weighted by atomic mass is 10.0. The molecule has 2 rings (SSSR count). The smallest absolute Gasteiger partial charge is 0.0136 e.